The molecule has 0 radical (unpaired) electrons. The zero-order valence-electron chi connectivity index (χ0n) is 14.5. The number of aromatic nitrogens is 2. The molecule has 1 fully saturated rings. The van der Waals surface area contributed by atoms with E-state index in [2.05, 4.69) is 15.1 Å². The summed E-state index contributed by atoms with van der Waals surface area (Å²) >= 11 is 0. The zero-order valence-corrected chi connectivity index (χ0v) is 15.3. The normalized spacial score (nSPS) is 16.1. The average Bonchev–Trinajstić information content (AvgIpc) is 2.67. The van der Waals surface area contributed by atoms with Crippen molar-refractivity contribution in [3.05, 3.63) is 42.5 Å². The van der Waals surface area contributed by atoms with Crippen molar-refractivity contribution < 1.29 is 8.42 Å². The summed E-state index contributed by atoms with van der Waals surface area (Å²) in [6.45, 7) is 4.31. The summed E-state index contributed by atoms with van der Waals surface area (Å²) in [6.07, 6.45) is 1.61. The second-order valence-electron chi connectivity index (χ2n) is 6.20. The van der Waals surface area contributed by atoms with Crippen molar-refractivity contribution in [2.75, 3.05) is 36.8 Å². The fraction of sp³-hybridized carbons (Fsp3) is 0.444. The Morgan fingerprint density at radius 2 is 1.68 bits per heavy atom. The fourth-order valence-electron chi connectivity index (χ4n) is 2.91. The Morgan fingerprint density at radius 3 is 2.28 bits per heavy atom. The third kappa shape index (κ3) is 4.35. The van der Waals surface area contributed by atoms with Gasteiger partial charge in [0.2, 0.25) is 10.0 Å². The predicted octanol–water partition coefficient (Wildman–Crippen LogP) is 2.40. The van der Waals surface area contributed by atoms with Crippen LogP contribution in [0.1, 0.15) is 19.8 Å². The van der Waals surface area contributed by atoms with Gasteiger partial charge in [-0.25, -0.2) is 8.42 Å². The highest BCUT2D eigenvalue weighted by atomic mass is 32.2. The lowest BCUT2D eigenvalue weighted by Gasteiger charge is -2.34. The molecule has 0 spiro atoms. The van der Waals surface area contributed by atoms with E-state index in [0.29, 0.717) is 26.2 Å². The maximum Gasteiger partial charge on any atom is 0.214 e. The minimum absolute atomic E-state index is 0.245. The quantitative estimate of drug-likeness (QED) is 0.791. The molecule has 6 nitrogen and oxygen atoms in total. The minimum Gasteiger partial charge on any atom is -0.352 e. The first kappa shape index (κ1) is 17.8. The molecule has 0 amide bonds. The number of anilines is 1. The minimum atomic E-state index is -3.12. The van der Waals surface area contributed by atoms with Crippen molar-refractivity contribution >= 4 is 15.8 Å². The molecule has 0 atom stereocenters. The van der Waals surface area contributed by atoms with Gasteiger partial charge in [0, 0.05) is 31.7 Å². The van der Waals surface area contributed by atoms with Crippen molar-refractivity contribution in [3.63, 3.8) is 0 Å². The number of hydrogen-bond acceptors (Lipinski definition) is 5. The summed E-state index contributed by atoms with van der Waals surface area (Å²) in [5.41, 5.74) is 1.87. The second kappa shape index (κ2) is 7.93. The molecule has 0 unspecified atom stereocenters. The standard InChI is InChI=1S/C18H24N4O2S/c1-2-3-15-25(23,24)22-13-11-21(12-14-22)18-10-9-17(19-20-18)16-7-5-4-6-8-16/h4-10H,2-3,11-15H2,1H3. The van der Waals surface area contributed by atoms with E-state index in [4.69, 9.17) is 0 Å². The van der Waals surface area contributed by atoms with Gasteiger partial charge in [-0.1, -0.05) is 43.7 Å². The number of sulfonamides is 1. The molecule has 25 heavy (non-hydrogen) atoms. The Balaban J connectivity index is 1.62. The van der Waals surface area contributed by atoms with Crippen molar-refractivity contribution in [3.8, 4) is 11.3 Å². The third-order valence-corrected chi connectivity index (χ3v) is 6.39. The third-order valence-electron chi connectivity index (χ3n) is 4.43. The Kier molecular flexibility index (Phi) is 5.65. The van der Waals surface area contributed by atoms with Crippen molar-refractivity contribution in [2.24, 2.45) is 0 Å². The van der Waals surface area contributed by atoms with Gasteiger partial charge in [-0.3, -0.25) is 0 Å². The van der Waals surface area contributed by atoms with Gasteiger partial charge in [0.25, 0.3) is 0 Å². The molecule has 3 rings (SSSR count). The lowest BCUT2D eigenvalue weighted by molar-refractivity contribution is 0.383. The van der Waals surface area contributed by atoms with Crippen LogP contribution in [-0.2, 0) is 10.0 Å². The molecule has 0 bridgehead atoms. The van der Waals surface area contributed by atoms with Gasteiger partial charge < -0.3 is 4.90 Å². The van der Waals surface area contributed by atoms with Crippen molar-refractivity contribution in [1.82, 2.24) is 14.5 Å². The fourth-order valence-corrected chi connectivity index (χ4v) is 4.54. The van der Waals surface area contributed by atoms with E-state index >= 15 is 0 Å². The molecular formula is C18H24N4O2S. The Hall–Kier alpha value is -1.99. The molecule has 134 valence electrons. The molecular weight excluding hydrogens is 336 g/mol. The van der Waals surface area contributed by atoms with Crippen LogP contribution in [0.2, 0.25) is 0 Å². The van der Waals surface area contributed by atoms with Crippen LogP contribution in [0, 0.1) is 0 Å². The van der Waals surface area contributed by atoms with Crippen molar-refractivity contribution in [1.29, 1.82) is 0 Å². The summed E-state index contributed by atoms with van der Waals surface area (Å²) < 4.78 is 26.1. The Labute approximate surface area is 149 Å². The average molecular weight is 360 g/mol. The lowest BCUT2D eigenvalue weighted by Crippen LogP contribution is -2.49. The van der Waals surface area contributed by atoms with E-state index < -0.39 is 10.0 Å². The van der Waals surface area contributed by atoms with Crippen LogP contribution < -0.4 is 4.90 Å². The van der Waals surface area contributed by atoms with Gasteiger partial charge >= 0.3 is 0 Å². The van der Waals surface area contributed by atoms with E-state index in [1.165, 1.54) is 0 Å². The number of rotatable bonds is 6. The summed E-state index contributed by atoms with van der Waals surface area (Å²) in [4.78, 5) is 2.09. The lowest BCUT2D eigenvalue weighted by atomic mass is 10.1. The Bertz CT molecular complexity index is 770. The molecule has 2 aromatic rings. The number of benzene rings is 1. The van der Waals surface area contributed by atoms with E-state index in [1.54, 1.807) is 4.31 Å². The molecule has 0 saturated carbocycles. The van der Waals surface area contributed by atoms with Crippen molar-refractivity contribution in [2.45, 2.75) is 19.8 Å². The molecule has 1 aliphatic heterocycles. The number of piperazine rings is 1. The topological polar surface area (TPSA) is 66.4 Å². The molecule has 1 aromatic heterocycles. The van der Waals surface area contributed by atoms with Crippen LogP contribution >= 0.6 is 0 Å². The number of nitrogens with zero attached hydrogens (tertiary/aromatic N) is 4. The van der Waals surface area contributed by atoms with Gasteiger partial charge in [0.1, 0.15) is 0 Å². The van der Waals surface area contributed by atoms with E-state index in [1.807, 2.05) is 49.4 Å². The van der Waals surface area contributed by atoms with Crippen LogP contribution in [0.15, 0.2) is 42.5 Å². The first-order valence-electron chi connectivity index (χ1n) is 8.72. The highest BCUT2D eigenvalue weighted by molar-refractivity contribution is 7.89. The van der Waals surface area contributed by atoms with E-state index in [-0.39, 0.29) is 5.75 Å². The van der Waals surface area contributed by atoms with E-state index in [0.717, 1.165) is 29.9 Å². The highest BCUT2D eigenvalue weighted by Crippen LogP contribution is 2.19. The first-order chi connectivity index (χ1) is 12.1. The van der Waals surface area contributed by atoms with Crippen LogP contribution in [-0.4, -0.2) is 54.9 Å². The molecule has 2 heterocycles. The molecule has 1 aliphatic rings. The van der Waals surface area contributed by atoms with Crippen LogP contribution in [0.4, 0.5) is 5.82 Å². The SMILES string of the molecule is CCCCS(=O)(=O)N1CCN(c2ccc(-c3ccccc3)nn2)CC1. The molecule has 7 heteroatoms. The zero-order chi connectivity index (χ0) is 17.7. The van der Waals surface area contributed by atoms with Gasteiger partial charge in [-0.2, -0.15) is 4.31 Å². The Morgan fingerprint density at radius 1 is 0.960 bits per heavy atom. The molecule has 1 saturated heterocycles. The summed E-state index contributed by atoms with van der Waals surface area (Å²) in [5, 5.41) is 8.63. The first-order valence-corrected chi connectivity index (χ1v) is 10.3. The number of hydrogen-bond donors (Lipinski definition) is 0. The van der Waals surface area contributed by atoms with Gasteiger partial charge in [-0.05, 0) is 18.6 Å². The van der Waals surface area contributed by atoms with Gasteiger partial charge in [0.15, 0.2) is 5.82 Å². The van der Waals surface area contributed by atoms with E-state index in [9.17, 15) is 8.42 Å². The maximum atomic E-state index is 12.3. The van der Waals surface area contributed by atoms with Crippen LogP contribution in [0.5, 0.6) is 0 Å². The molecule has 1 aromatic carbocycles. The number of unbranched alkanes of at least 4 members (excludes halogenated alkanes) is 1. The highest BCUT2D eigenvalue weighted by Gasteiger charge is 2.26. The molecule has 0 N–H and O–H groups in total. The van der Waals surface area contributed by atoms with Gasteiger partial charge in [-0.15, -0.1) is 10.2 Å². The second-order valence-corrected chi connectivity index (χ2v) is 8.29. The summed E-state index contributed by atoms with van der Waals surface area (Å²) in [6, 6.07) is 13.8. The van der Waals surface area contributed by atoms with Crippen LogP contribution in [0.25, 0.3) is 11.3 Å². The van der Waals surface area contributed by atoms with Crippen LogP contribution in [0.3, 0.4) is 0 Å². The van der Waals surface area contributed by atoms with Gasteiger partial charge in [0.05, 0.1) is 11.4 Å². The summed E-state index contributed by atoms with van der Waals surface area (Å²) in [7, 11) is -3.12. The predicted molar refractivity (Wildman–Crippen MR) is 99.9 cm³/mol. The largest absolute Gasteiger partial charge is 0.352 e. The molecule has 0 aliphatic carbocycles. The smallest absolute Gasteiger partial charge is 0.214 e. The monoisotopic (exact) mass is 360 g/mol. The summed E-state index contributed by atoms with van der Waals surface area (Å²) in [5.74, 6) is 1.04. The maximum absolute atomic E-state index is 12.3.